The zero-order valence-electron chi connectivity index (χ0n) is 10.1. The van der Waals surface area contributed by atoms with Crippen molar-refractivity contribution in [2.45, 2.75) is 13.0 Å². The van der Waals surface area contributed by atoms with Gasteiger partial charge in [0.05, 0.1) is 18.8 Å². The Labute approximate surface area is 105 Å². The summed E-state index contributed by atoms with van der Waals surface area (Å²) in [6.45, 7) is 2.50. The van der Waals surface area contributed by atoms with Gasteiger partial charge in [-0.05, 0) is 30.7 Å². The van der Waals surface area contributed by atoms with Crippen molar-refractivity contribution in [2.24, 2.45) is 5.73 Å². The van der Waals surface area contributed by atoms with E-state index in [-0.39, 0.29) is 0 Å². The highest BCUT2D eigenvalue weighted by Crippen LogP contribution is 2.24. The summed E-state index contributed by atoms with van der Waals surface area (Å²) < 4.78 is 19.0. The van der Waals surface area contributed by atoms with Crippen LogP contribution < -0.4 is 10.5 Å². The molecule has 1 heterocycles. The highest BCUT2D eigenvalue weighted by atomic mass is 19.1. The smallest absolute Gasteiger partial charge is 0.146 e. The predicted molar refractivity (Wildman–Crippen MR) is 67.8 cm³/mol. The van der Waals surface area contributed by atoms with Crippen LogP contribution in [0.2, 0.25) is 0 Å². The van der Waals surface area contributed by atoms with Crippen molar-refractivity contribution in [1.82, 2.24) is 4.98 Å². The molecule has 3 nitrogen and oxygen atoms in total. The maximum Gasteiger partial charge on any atom is 0.146 e. The Bertz CT molecular complexity index is 531. The summed E-state index contributed by atoms with van der Waals surface area (Å²) in [5, 5.41) is 0. The quantitative estimate of drug-likeness (QED) is 0.902. The second kappa shape index (κ2) is 5.60. The number of halogens is 1. The molecule has 2 N–H and O–H groups in total. The van der Waals surface area contributed by atoms with E-state index < -0.39 is 11.9 Å². The maximum atomic E-state index is 13.6. The molecule has 1 unspecified atom stereocenters. The number of ether oxygens (including phenoxy) is 1. The summed E-state index contributed by atoms with van der Waals surface area (Å²) in [5.74, 6) is 0.340. The summed E-state index contributed by atoms with van der Waals surface area (Å²) >= 11 is 0. The number of aromatic nitrogens is 1. The molecular weight excluding hydrogens is 231 g/mol. The Morgan fingerprint density at radius 2 is 2.22 bits per heavy atom. The molecule has 1 aromatic heterocycles. The minimum Gasteiger partial charge on any atom is -0.494 e. The molecule has 2 rings (SSSR count). The summed E-state index contributed by atoms with van der Waals surface area (Å²) in [5.41, 5.74) is 7.30. The summed E-state index contributed by atoms with van der Waals surface area (Å²) in [6.07, 6.45) is 2.70. The molecule has 0 aliphatic heterocycles. The fraction of sp³-hybridized carbons (Fsp3) is 0.214. The Balaban J connectivity index is 2.31. The van der Waals surface area contributed by atoms with Crippen molar-refractivity contribution in [3.63, 3.8) is 0 Å². The number of pyridine rings is 1. The molecule has 0 aliphatic rings. The molecule has 4 heteroatoms. The van der Waals surface area contributed by atoms with E-state index in [2.05, 4.69) is 4.98 Å². The lowest BCUT2D eigenvalue weighted by atomic mass is 10.00. The van der Waals surface area contributed by atoms with Crippen molar-refractivity contribution >= 4 is 0 Å². The molecule has 2 aromatic rings. The van der Waals surface area contributed by atoms with Crippen LogP contribution in [-0.2, 0) is 0 Å². The van der Waals surface area contributed by atoms with Crippen LogP contribution in [0.3, 0.4) is 0 Å². The van der Waals surface area contributed by atoms with Crippen molar-refractivity contribution in [1.29, 1.82) is 0 Å². The van der Waals surface area contributed by atoms with Crippen molar-refractivity contribution in [3.8, 4) is 5.75 Å². The first-order valence-electron chi connectivity index (χ1n) is 5.80. The van der Waals surface area contributed by atoms with E-state index >= 15 is 0 Å². The van der Waals surface area contributed by atoms with Gasteiger partial charge in [-0.25, -0.2) is 4.39 Å². The average Bonchev–Trinajstić information content (AvgIpc) is 2.39. The minimum atomic E-state index is -0.520. The lowest BCUT2D eigenvalue weighted by Gasteiger charge is -2.14. The molecule has 94 valence electrons. The largest absolute Gasteiger partial charge is 0.494 e. The van der Waals surface area contributed by atoms with E-state index in [0.717, 1.165) is 11.3 Å². The number of hydrogen-bond acceptors (Lipinski definition) is 3. The lowest BCUT2D eigenvalue weighted by Crippen LogP contribution is -2.13. The SMILES string of the molecule is CCOc1cccc(C(N)c2ccncc2F)c1. The van der Waals surface area contributed by atoms with Crippen LogP contribution in [0, 0.1) is 5.82 Å². The van der Waals surface area contributed by atoms with Gasteiger partial charge in [0.2, 0.25) is 0 Å². The Morgan fingerprint density at radius 1 is 1.39 bits per heavy atom. The van der Waals surface area contributed by atoms with Crippen molar-refractivity contribution in [2.75, 3.05) is 6.61 Å². The van der Waals surface area contributed by atoms with Crippen LogP contribution in [0.15, 0.2) is 42.7 Å². The van der Waals surface area contributed by atoms with E-state index in [9.17, 15) is 4.39 Å². The standard InChI is InChI=1S/C14H15FN2O/c1-2-18-11-5-3-4-10(8-11)14(16)12-6-7-17-9-13(12)15/h3-9,14H,2,16H2,1H3. The van der Waals surface area contributed by atoms with Gasteiger partial charge in [0.15, 0.2) is 0 Å². The fourth-order valence-corrected chi connectivity index (χ4v) is 1.78. The predicted octanol–water partition coefficient (Wildman–Crippen LogP) is 2.67. The van der Waals surface area contributed by atoms with E-state index in [1.54, 1.807) is 6.07 Å². The van der Waals surface area contributed by atoms with E-state index in [4.69, 9.17) is 10.5 Å². The Kier molecular flexibility index (Phi) is 3.89. The van der Waals surface area contributed by atoms with Crippen LogP contribution in [0.1, 0.15) is 24.1 Å². The molecule has 0 spiro atoms. The van der Waals surface area contributed by atoms with Crippen molar-refractivity contribution in [3.05, 3.63) is 59.7 Å². The van der Waals surface area contributed by atoms with Crippen LogP contribution >= 0.6 is 0 Å². The van der Waals surface area contributed by atoms with Gasteiger partial charge in [-0.3, -0.25) is 4.98 Å². The van der Waals surface area contributed by atoms with Gasteiger partial charge in [0, 0.05) is 11.8 Å². The molecule has 0 aliphatic carbocycles. The van der Waals surface area contributed by atoms with E-state index in [1.165, 1.54) is 12.4 Å². The molecular formula is C14H15FN2O. The zero-order chi connectivity index (χ0) is 13.0. The number of benzene rings is 1. The van der Waals surface area contributed by atoms with E-state index in [1.807, 2.05) is 31.2 Å². The summed E-state index contributed by atoms with van der Waals surface area (Å²) in [4.78, 5) is 3.71. The molecule has 1 atom stereocenters. The van der Waals surface area contributed by atoms with Crippen molar-refractivity contribution < 1.29 is 9.13 Å². The molecule has 0 bridgehead atoms. The third-order valence-corrected chi connectivity index (χ3v) is 2.67. The van der Waals surface area contributed by atoms with Gasteiger partial charge in [0.25, 0.3) is 0 Å². The van der Waals surface area contributed by atoms with Gasteiger partial charge in [0.1, 0.15) is 11.6 Å². The van der Waals surface area contributed by atoms with Gasteiger partial charge in [-0.1, -0.05) is 12.1 Å². The van der Waals surface area contributed by atoms with Crippen LogP contribution in [0.25, 0.3) is 0 Å². The first-order chi connectivity index (χ1) is 8.72. The lowest BCUT2D eigenvalue weighted by molar-refractivity contribution is 0.340. The molecule has 0 saturated carbocycles. The van der Waals surface area contributed by atoms with Gasteiger partial charge >= 0.3 is 0 Å². The Hall–Kier alpha value is -1.94. The average molecular weight is 246 g/mol. The first-order valence-corrected chi connectivity index (χ1v) is 5.80. The monoisotopic (exact) mass is 246 g/mol. The second-order valence-electron chi connectivity index (χ2n) is 3.88. The third-order valence-electron chi connectivity index (χ3n) is 2.67. The van der Waals surface area contributed by atoms with Crippen LogP contribution in [0.4, 0.5) is 4.39 Å². The third kappa shape index (κ3) is 2.65. The minimum absolute atomic E-state index is 0.396. The highest BCUT2D eigenvalue weighted by Gasteiger charge is 2.13. The van der Waals surface area contributed by atoms with Crippen LogP contribution in [0.5, 0.6) is 5.75 Å². The molecule has 18 heavy (non-hydrogen) atoms. The van der Waals surface area contributed by atoms with E-state index in [0.29, 0.717) is 12.2 Å². The Morgan fingerprint density at radius 3 is 2.94 bits per heavy atom. The van der Waals surface area contributed by atoms with Gasteiger partial charge < -0.3 is 10.5 Å². The second-order valence-corrected chi connectivity index (χ2v) is 3.88. The maximum absolute atomic E-state index is 13.6. The molecule has 0 fully saturated rings. The molecule has 0 amide bonds. The number of nitrogens with zero attached hydrogens (tertiary/aromatic N) is 1. The molecule has 0 saturated heterocycles. The van der Waals surface area contributed by atoms with Crippen LogP contribution in [-0.4, -0.2) is 11.6 Å². The molecule has 1 aromatic carbocycles. The first kappa shape index (κ1) is 12.5. The normalized spacial score (nSPS) is 12.2. The zero-order valence-corrected chi connectivity index (χ0v) is 10.1. The molecule has 0 radical (unpaired) electrons. The number of rotatable bonds is 4. The fourth-order valence-electron chi connectivity index (χ4n) is 1.78. The highest BCUT2D eigenvalue weighted by molar-refractivity contribution is 5.36. The number of hydrogen-bond donors (Lipinski definition) is 1. The number of nitrogens with two attached hydrogens (primary N) is 1. The summed E-state index contributed by atoms with van der Waals surface area (Å²) in [6, 6.07) is 8.45. The summed E-state index contributed by atoms with van der Waals surface area (Å²) in [7, 11) is 0. The van der Waals surface area contributed by atoms with Gasteiger partial charge in [-0.15, -0.1) is 0 Å². The topological polar surface area (TPSA) is 48.1 Å². The van der Waals surface area contributed by atoms with Gasteiger partial charge in [-0.2, -0.15) is 0 Å².